The highest BCUT2D eigenvalue weighted by atomic mass is 16.5. The number of benzene rings is 6. The molecule has 0 bridgehead atoms. The molecular weight excluding hydrogens is 621 g/mol. The van der Waals surface area contributed by atoms with Crippen molar-refractivity contribution < 1.29 is 4.74 Å². The first-order valence-corrected chi connectivity index (χ1v) is 18.9. The van der Waals surface area contributed by atoms with Crippen LogP contribution in [0.2, 0.25) is 0 Å². The van der Waals surface area contributed by atoms with Crippen molar-refractivity contribution in [1.29, 1.82) is 0 Å². The molecule has 3 nitrogen and oxygen atoms in total. The van der Waals surface area contributed by atoms with Gasteiger partial charge in [-0.2, -0.15) is 0 Å². The van der Waals surface area contributed by atoms with Crippen molar-refractivity contribution in [3.8, 4) is 28.0 Å². The average molecular weight is 665 g/mol. The topological polar surface area (TPSA) is 15.7 Å². The number of hydrogen-bond donors (Lipinski definition) is 0. The number of anilines is 2. The van der Waals surface area contributed by atoms with Gasteiger partial charge in [-0.15, -0.1) is 0 Å². The van der Waals surface area contributed by atoms with Crippen LogP contribution in [-0.4, -0.2) is 26.2 Å². The second-order valence-corrected chi connectivity index (χ2v) is 15.4. The third kappa shape index (κ3) is 4.70. The van der Waals surface area contributed by atoms with Crippen molar-refractivity contribution >= 4 is 28.2 Å². The molecule has 2 fully saturated rings. The minimum Gasteiger partial charge on any atom is -0.472 e. The molecule has 0 aromatic heterocycles. The summed E-state index contributed by atoms with van der Waals surface area (Å²) in [6.07, 6.45) is 9.80. The molecule has 3 heterocycles. The van der Waals surface area contributed by atoms with Gasteiger partial charge in [0, 0.05) is 65.0 Å². The fourth-order valence-corrected chi connectivity index (χ4v) is 9.51. The quantitative estimate of drug-likeness (QED) is 0.182. The lowest BCUT2D eigenvalue weighted by molar-refractivity contribution is 0.163. The van der Waals surface area contributed by atoms with Gasteiger partial charge in [0.05, 0.1) is 0 Å². The van der Waals surface area contributed by atoms with Crippen LogP contribution in [0.5, 0.6) is 5.75 Å². The van der Waals surface area contributed by atoms with Crippen LogP contribution in [-0.2, 0) is 11.0 Å². The Kier molecular flexibility index (Phi) is 6.97. The van der Waals surface area contributed by atoms with E-state index in [9.17, 15) is 0 Å². The predicted octanol–water partition coefficient (Wildman–Crippen LogP) is 11.4. The van der Waals surface area contributed by atoms with E-state index in [-0.39, 0.29) is 5.41 Å². The first kappa shape index (κ1) is 30.5. The maximum Gasteiger partial charge on any atom is 0.178 e. The monoisotopic (exact) mass is 664 g/mol. The molecule has 6 aromatic carbocycles. The maximum atomic E-state index is 7.63. The smallest absolute Gasteiger partial charge is 0.178 e. The van der Waals surface area contributed by atoms with E-state index in [4.69, 9.17) is 4.74 Å². The summed E-state index contributed by atoms with van der Waals surface area (Å²) in [6.45, 7) is 9.32. The predicted molar refractivity (Wildman–Crippen MR) is 213 cm³/mol. The summed E-state index contributed by atoms with van der Waals surface area (Å²) in [7, 11) is 0. The van der Waals surface area contributed by atoms with Crippen molar-refractivity contribution in [1.82, 2.24) is 0 Å². The number of nitrogens with zero attached hydrogens (tertiary/aromatic N) is 2. The Bertz CT molecular complexity index is 2250. The molecule has 0 spiro atoms. The highest BCUT2D eigenvalue weighted by molar-refractivity contribution is 6.08. The number of fused-ring (bicyclic) bond motifs is 8. The van der Waals surface area contributed by atoms with Gasteiger partial charge in [0.15, 0.2) is 5.60 Å². The highest BCUT2D eigenvalue weighted by Gasteiger charge is 2.44. The van der Waals surface area contributed by atoms with E-state index >= 15 is 0 Å². The third-order valence-electron chi connectivity index (χ3n) is 12.2. The highest BCUT2D eigenvalue weighted by Crippen LogP contribution is 2.58. The van der Waals surface area contributed by atoms with Gasteiger partial charge in [0.2, 0.25) is 0 Å². The second-order valence-electron chi connectivity index (χ2n) is 15.4. The molecule has 0 N–H and O–H groups in total. The van der Waals surface area contributed by atoms with Crippen LogP contribution in [0.3, 0.4) is 0 Å². The first-order chi connectivity index (χ1) is 25.0. The molecule has 3 heteroatoms. The van der Waals surface area contributed by atoms with E-state index < -0.39 is 5.60 Å². The SMILES string of the molecule is CC1(C)c2cc(-c3ccccc3)ccc2-c2c1c1c(c3ccccc23)OC(c2ccc(N3CCCC3)cc2)(c2ccc(N3CCCC3)cc2)C=C1. The molecule has 10 rings (SSSR count). The largest absolute Gasteiger partial charge is 0.472 e. The zero-order valence-electron chi connectivity index (χ0n) is 29.7. The first-order valence-electron chi connectivity index (χ1n) is 18.9. The Morgan fingerprint density at radius 1 is 0.569 bits per heavy atom. The van der Waals surface area contributed by atoms with E-state index in [0.29, 0.717) is 0 Å². The standard InChI is InChI=1S/C48H44N2O/c1-47(2)43-32-34(33-12-4-3-5-13-33)16-25-41(43)44-39-14-6-7-15-40(39)46-42(45(44)47)26-27-48(51-46,35-17-21-37(22-18-35)49-28-8-9-29-49)36-19-23-38(24-20-36)50-30-10-11-31-50/h3-7,12-27,32H,8-11,28-31H2,1-2H3. The number of hydrogen-bond acceptors (Lipinski definition) is 3. The lowest BCUT2D eigenvalue weighted by Crippen LogP contribution is -2.35. The minimum absolute atomic E-state index is 0.216. The van der Waals surface area contributed by atoms with Crippen LogP contribution in [0.1, 0.15) is 67.3 Å². The van der Waals surface area contributed by atoms with Crippen LogP contribution in [0.15, 0.2) is 127 Å². The zero-order chi connectivity index (χ0) is 34.2. The molecule has 51 heavy (non-hydrogen) atoms. The fraction of sp³-hybridized carbons (Fsp3) is 0.250. The van der Waals surface area contributed by atoms with E-state index in [2.05, 4.69) is 157 Å². The normalized spacial score (nSPS) is 18.1. The molecule has 2 saturated heterocycles. The number of ether oxygens (including phenoxy) is 1. The molecule has 252 valence electrons. The van der Waals surface area contributed by atoms with Crippen LogP contribution in [0.4, 0.5) is 11.4 Å². The molecule has 3 aliphatic heterocycles. The molecule has 1 aliphatic carbocycles. The van der Waals surface area contributed by atoms with Gasteiger partial charge in [-0.3, -0.25) is 0 Å². The van der Waals surface area contributed by atoms with Crippen molar-refractivity contribution in [3.63, 3.8) is 0 Å². The van der Waals surface area contributed by atoms with Crippen molar-refractivity contribution in [3.05, 3.63) is 155 Å². The van der Waals surface area contributed by atoms with Gasteiger partial charge in [0.1, 0.15) is 5.75 Å². The number of rotatable bonds is 5. The Balaban J connectivity index is 1.15. The Labute approximate surface area is 301 Å². The summed E-state index contributed by atoms with van der Waals surface area (Å²) in [5, 5.41) is 2.42. The molecule has 0 atom stereocenters. The van der Waals surface area contributed by atoms with Gasteiger partial charge in [0.25, 0.3) is 0 Å². The summed E-state index contributed by atoms with van der Waals surface area (Å²) >= 11 is 0. The van der Waals surface area contributed by atoms with Gasteiger partial charge >= 0.3 is 0 Å². The summed E-state index contributed by atoms with van der Waals surface area (Å²) in [4.78, 5) is 5.02. The lowest BCUT2D eigenvalue weighted by Gasteiger charge is -2.38. The average Bonchev–Trinajstić information content (AvgIpc) is 3.97. The van der Waals surface area contributed by atoms with Gasteiger partial charge in [-0.05, 0) is 101 Å². The fourth-order valence-electron chi connectivity index (χ4n) is 9.51. The molecule has 6 aromatic rings. The van der Waals surface area contributed by atoms with Gasteiger partial charge < -0.3 is 14.5 Å². The minimum atomic E-state index is -0.771. The summed E-state index contributed by atoms with van der Waals surface area (Å²) < 4.78 is 7.63. The van der Waals surface area contributed by atoms with E-state index in [0.717, 1.165) is 48.4 Å². The van der Waals surface area contributed by atoms with Gasteiger partial charge in [-0.25, -0.2) is 0 Å². The van der Waals surface area contributed by atoms with Gasteiger partial charge in [-0.1, -0.05) is 111 Å². The van der Waals surface area contributed by atoms with E-state index in [1.807, 2.05) is 0 Å². The summed E-state index contributed by atoms with van der Waals surface area (Å²) in [6, 6.07) is 45.2. The Hall–Kier alpha value is -5.28. The molecule has 0 amide bonds. The third-order valence-corrected chi connectivity index (χ3v) is 12.2. The molecule has 4 aliphatic rings. The van der Waals surface area contributed by atoms with Crippen molar-refractivity contribution in [2.24, 2.45) is 0 Å². The molecule has 0 radical (unpaired) electrons. The Morgan fingerprint density at radius 2 is 1.14 bits per heavy atom. The zero-order valence-corrected chi connectivity index (χ0v) is 29.7. The van der Waals surface area contributed by atoms with E-state index in [1.54, 1.807) is 0 Å². The van der Waals surface area contributed by atoms with Crippen LogP contribution >= 0.6 is 0 Å². The summed E-state index contributed by atoms with van der Waals surface area (Å²) in [5.41, 5.74) is 13.0. The van der Waals surface area contributed by atoms with E-state index in [1.165, 1.54) is 81.4 Å². The molecule has 0 saturated carbocycles. The van der Waals surface area contributed by atoms with Crippen LogP contribution in [0, 0.1) is 0 Å². The maximum absolute atomic E-state index is 7.63. The van der Waals surface area contributed by atoms with Crippen molar-refractivity contribution in [2.75, 3.05) is 36.0 Å². The van der Waals surface area contributed by atoms with Crippen LogP contribution < -0.4 is 14.5 Å². The van der Waals surface area contributed by atoms with Crippen LogP contribution in [0.25, 0.3) is 39.1 Å². The second kappa shape index (κ2) is 11.6. The lowest BCUT2D eigenvalue weighted by atomic mass is 9.76. The van der Waals surface area contributed by atoms with Crippen molar-refractivity contribution in [2.45, 2.75) is 50.5 Å². The molecular formula is C48H44N2O. The summed E-state index contributed by atoms with van der Waals surface area (Å²) in [5.74, 6) is 0.975. The Morgan fingerprint density at radius 3 is 1.75 bits per heavy atom. The molecule has 0 unspecified atom stereocenters.